The van der Waals surface area contributed by atoms with Gasteiger partial charge in [-0.3, -0.25) is 4.79 Å². The highest BCUT2D eigenvalue weighted by atomic mass is 127. The molecule has 2 atom stereocenters. The van der Waals surface area contributed by atoms with E-state index in [2.05, 4.69) is 58.2 Å². The lowest BCUT2D eigenvalue weighted by molar-refractivity contribution is 0.0829. The van der Waals surface area contributed by atoms with Gasteiger partial charge < -0.3 is 20.6 Å². The Balaban J connectivity index is 1.74. The fourth-order valence-corrected chi connectivity index (χ4v) is 5.18. The molecule has 0 radical (unpaired) electrons. The number of carbonyl (C=O) groups excluding carboxylic acids is 1. The molecule has 5 nitrogen and oxygen atoms in total. The standard InChI is InChI=1S/C31H38F2IN3O2/c1-4-5-9-37(3)20-24-10-21(2)11-25(12-24)31(39)36-29(16-23-13-26(32)17-27(33)14-23)30(38)19-35-18-22-7-6-8-28(34)15-22/h6-8,10-15,17,29-30,35,38H,4-5,9,16,18-20H2,1-3H3,(H,36,39)/t29-,30+/m0/s1. The average Bonchev–Trinajstić information content (AvgIpc) is 2.86. The summed E-state index contributed by atoms with van der Waals surface area (Å²) in [7, 11) is 2.06. The third kappa shape index (κ3) is 10.6. The molecule has 0 aliphatic rings. The Morgan fingerprint density at radius 1 is 1.03 bits per heavy atom. The maximum absolute atomic E-state index is 13.9. The molecule has 0 aliphatic carbocycles. The number of carbonyl (C=O) groups is 1. The molecular weight excluding hydrogens is 611 g/mol. The monoisotopic (exact) mass is 649 g/mol. The van der Waals surface area contributed by atoms with Gasteiger partial charge in [-0.25, -0.2) is 8.78 Å². The minimum atomic E-state index is -0.993. The van der Waals surface area contributed by atoms with Crippen LogP contribution in [0.3, 0.4) is 0 Å². The second-order valence-corrected chi connectivity index (χ2v) is 11.4. The van der Waals surface area contributed by atoms with Crippen LogP contribution in [0.2, 0.25) is 0 Å². The van der Waals surface area contributed by atoms with Gasteiger partial charge in [0.15, 0.2) is 0 Å². The van der Waals surface area contributed by atoms with E-state index < -0.39 is 23.8 Å². The number of rotatable bonds is 14. The van der Waals surface area contributed by atoms with E-state index in [9.17, 15) is 18.7 Å². The van der Waals surface area contributed by atoms with Crippen LogP contribution in [0.15, 0.2) is 60.7 Å². The van der Waals surface area contributed by atoms with Crippen molar-refractivity contribution in [2.75, 3.05) is 20.1 Å². The van der Waals surface area contributed by atoms with Crippen LogP contribution >= 0.6 is 22.6 Å². The summed E-state index contributed by atoms with van der Waals surface area (Å²) >= 11 is 2.25. The van der Waals surface area contributed by atoms with Crippen molar-refractivity contribution in [3.63, 3.8) is 0 Å². The first-order valence-corrected chi connectivity index (χ1v) is 14.4. The van der Waals surface area contributed by atoms with E-state index in [1.165, 1.54) is 12.1 Å². The van der Waals surface area contributed by atoms with E-state index in [-0.39, 0.29) is 18.9 Å². The first-order valence-electron chi connectivity index (χ1n) is 13.3. The molecule has 3 aromatic rings. The first-order chi connectivity index (χ1) is 18.6. The Morgan fingerprint density at radius 2 is 1.77 bits per heavy atom. The van der Waals surface area contributed by atoms with E-state index in [0.29, 0.717) is 17.7 Å². The number of hydrogen-bond acceptors (Lipinski definition) is 4. The summed E-state index contributed by atoms with van der Waals surface area (Å²) in [5, 5.41) is 17.2. The number of unbranched alkanes of at least 4 members (excludes halogenated alkanes) is 1. The number of benzene rings is 3. The van der Waals surface area contributed by atoms with Crippen LogP contribution in [0.5, 0.6) is 0 Å². The van der Waals surface area contributed by atoms with Gasteiger partial charge in [0.05, 0.1) is 12.1 Å². The normalized spacial score (nSPS) is 12.9. The van der Waals surface area contributed by atoms with Crippen molar-refractivity contribution in [2.45, 2.75) is 58.3 Å². The smallest absolute Gasteiger partial charge is 0.251 e. The number of aryl methyl sites for hydroxylation is 1. The van der Waals surface area contributed by atoms with Crippen LogP contribution in [0.1, 0.15) is 52.4 Å². The second-order valence-electron chi connectivity index (χ2n) is 10.2. The zero-order valence-electron chi connectivity index (χ0n) is 22.8. The third-order valence-electron chi connectivity index (χ3n) is 6.48. The van der Waals surface area contributed by atoms with Crippen molar-refractivity contribution in [3.8, 4) is 0 Å². The third-order valence-corrected chi connectivity index (χ3v) is 7.15. The fourth-order valence-electron chi connectivity index (χ4n) is 4.57. The van der Waals surface area contributed by atoms with Crippen molar-refractivity contribution in [1.82, 2.24) is 15.5 Å². The molecule has 0 saturated carbocycles. The predicted molar refractivity (Wildman–Crippen MR) is 161 cm³/mol. The van der Waals surface area contributed by atoms with Gasteiger partial charge in [0.25, 0.3) is 5.91 Å². The van der Waals surface area contributed by atoms with Crippen molar-refractivity contribution >= 4 is 28.5 Å². The Labute approximate surface area is 244 Å². The molecule has 3 rings (SSSR count). The number of aliphatic hydroxyl groups excluding tert-OH is 1. The number of amides is 1. The van der Waals surface area contributed by atoms with Crippen molar-refractivity contribution in [3.05, 3.63) is 104 Å². The first kappa shape index (κ1) is 31.1. The summed E-state index contributed by atoms with van der Waals surface area (Å²) in [6.07, 6.45) is 1.30. The minimum Gasteiger partial charge on any atom is -0.390 e. The molecule has 3 N–H and O–H groups in total. The topological polar surface area (TPSA) is 64.6 Å². The van der Waals surface area contributed by atoms with Crippen LogP contribution in [0.25, 0.3) is 0 Å². The van der Waals surface area contributed by atoms with Gasteiger partial charge in [-0.1, -0.05) is 37.1 Å². The van der Waals surface area contributed by atoms with Crippen LogP contribution in [-0.4, -0.2) is 48.2 Å². The van der Waals surface area contributed by atoms with Gasteiger partial charge >= 0.3 is 0 Å². The molecule has 0 aliphatic heterocycles. The Morgan fingerprint density at radius 3 is 2.46 bits per heavy atom. The summed E-state index contributed by atoms with van der Waals surface area (Å²) in [5.74, 6) is -1.73. The minimum absolute atomic E-state index is 0.0743. The van der Waals surface area contributed by atoms with Gasteiger partial charge in [-0.15, -0.1) is 0 Å². The molecule has 0 saturated heterocycles. The molecule has 0 unspecified atom stereocenters. The van der Waals surface area contributed by atoms with E-state index in [1.807, 2.05) is 43.3 Å². The Bertz CT molecular complexity index is 1220. The maximum Gasteiger partial charge on any atom is 0.251 e. The van der Waals surface area contributed by atoms with Crippen LogP contribution in [0, 0.1) is 22.1 Å². The van der Waals surface area contributed by atoms with E-state index in [1.54, 1.807) is 0 Å². The zero-order valence-corrected chi connectivity index (χ0v) is 25.0. The van der Waals surface area contributed by atoms with Gasteiger partial charge in [-0.2, -0.15) is 0 Å². The number of nitrogens with zero attached hydrogens (tertiary/aromatic N) is 1. The molecular formula is C31H38F2IN3O2. The Hall–Kier alpha value is -2.40. The molecule has 8 heteroatoms. The summed E-state index contributed by atoms with van der Waals surface area (Å²) in [5.41, 5.74) is 3.91. The molecule has 0 heterocycles. The van der Waals surface area contributed by atoms with Crippen LogP contribution in [-0.2, 0) is 19.5 Å². The highest BCUT2D eigenvalue weighted by Gasteiger charge is 2.23. The number of nitrogens with one attached hydrogen (secondary N) is 2. The van der Waals surface area contributed by atoms with Gasteiger partial charge in [0, 0.05) is 34.8 Å². The molecule has 0 aromatic heterocycles. The fraction of sp³-hybridized carbons (Fsp3) is 0.387. The van der Waals surface area contributed by atoms with Crippen LogP contribution in [0.4, 0.5) is 8.78 Å². The number of aliphatic hydroxyl groups is 1. The molecule has 0 bridgehead atoms. The van der Waals surface area contributed by atoms with Gasteiger partial charge in [-0.05, 0) is 109 Å². The SMILES string of the molecule is CCCCN(C)Cc1cc(C)cc(C(=O)N[C@@H](Cc2cc(F)cc(F)c2)[C@H](O)CNCc2cccc(I)c2)c1. The Kier molecular flexibility index (Phi) is 12.3. The average molecular weight is 650 g/mol. The number of hydrogen-bond donors (Lipinski definition) is 3. The quantitative estimate of drug-likeness (QED) is 0.199. The van der Waals surface area contributed by atoms with Gasteiger partial charge in [0.1, 0.15) is 11.6 Å². The van der Waals surface area contributed by atoms with Crippen molar-refractivity contribution in [1.29, 1.82) is 0 Å². The highest BCUT2D eigenvalue weighted by Crippen LogP contribution is 2.16. The molecule has 3 aromatic carbocycles. The largest absolute Gasteiger partial charge is 0.390 e. The summed E-state index contributed by atoms with van der Waals surface area (Å²) < 4.78 is 28.9. The zero-order chi connectivity index (χ0) is 28.4. The van der Waals surface area contributed by atoms with Crippen molar-refractivity contribution in [2.24, 2.45) is 0 Å². The van der Waals surface area contributed by atoms with E-state index in [4.69, 9.17) is 0 Å². The predicted octanol–water partition coefficient (Wildman–Crippen LogP) is 5.60. The second kappa shape index (κ2) is 15.4. The lowest BCUT2D eigenvalue weighted by Gasteiger charge is -2.25. The maximum atomic E-state index is 13.9. The number of halogens is 3. The van der Waals surface area contributed by atoms with E-state index >= 15 is 0 Å². The summed E-state index contributed by atoms with van der Waals surface area (Å²) in [4.78, 5) is 15.6. The molecule has 210 valence electrons. The molecule has 39 heavy (non-hydrogen) atoms. The lowest BCUT2D eigenvalue weighted by atomic mass is 9.99. The lowest BCUT2D eigenvalue weighted by Crippen LogP contribution is -2.48. The highest BCUT2D eigenvalue weighted by molar-refractivity contribution is 14.1. The summed E-state index contributed by atoms with van der Waals surface area (Å²) in [6.45, 7) is 6.52. The molecule has 0 spiro atoms. The summed E-state index contributed by atoms with van der Waals surface area (Å²) in [6, 6.07) is 16.2. The van der Waals surface area contributed by atoms with E-state index in [0.717, 1.165) is 52.3 Å². The van der Waals surface area contributed by atoms with Crippen molar-refractivity contribution < 1.29 is 18.7 Å². The van der Waals surface area contributed by atoms with Crippen LogP contribution < -0.4 is 10.6 Å². The molecule has 1 amide bonds. The molecule has 0 fully saturated rings. The van der Waals surface area contributed by atoms with Gasteiger partial charge in [0.2, 0.25) is 0 Å².